The summed E-state index contributed by atoms with van der Waals surface area (Å²) in [4.78, 5) is 6.54. The first-order valence-corrected chi connectivity index (χ1v) is 8.75. The fourth-order valence-corrected chi connectivity index (χ4v) is 2.68. The summed E-state index contributed by atoms with van der Waals surface area (Å²) in [5, 5.41) is 11.0. The molecule has 0 aliphatic carbocycles. The Morgan fingerprint density at radius 2 is 1.96 bits per heavy atom. The number of guanidine groups is 1. The van der Waals surface area contributed by atoms with Gasteiger partial charge < -0.3 is 15.5 Å². The molecular formula is C19H31IN6. The molecule has 0 fully saturated rings. The lowest BCUT2D eigenvalue weighted by Gasteiger charge is -2.26. The molecule has 2 N–H and O–H groups in total. The molecule has 0 amide bonds. The Morgan fingerprint density at radius 3 is 2.54 bits per heavy atom. The number of nitrogens with one attached hydrogen (secondary N) is 2. The van der Waals surface area contributed by atoms with Crippen LogP contribution < -0.4 is 10.6 Å². The van der Waals surface area contributed by atoms with Crippen LogP contribution in [0.25, 0.3) is 0 Å². The van der Waals surface area contributed by atoms with Crippen molar-refractivity contribution in [3.63, 3.8) is 0 Å². The van der Waals surface area contributed by atoms with Crippen molar-refractivity contribution in [2.24, 2.45) is 4.99 Å². The minimum atomic E-state index is 0. The van der Waals surface area contributed by atoms with E-state index in [1.54, 1.807) is 13.2 Å². The van der Waals surface area contributed by atoms with Gasteiger partial charge in [0.25, 0.3) is 0 Å². The molecular weight excluding hydrogens is 439 g/mol. The lowest BCUT2D eigenvalue weighted by Crippen LogP contribution is -2.42. The molecule has 1 atom stereocenters. The van der Waals surface area contributed by atoms with E-state index >= 15 is 0 Å². The highest BCUT2D eigenvalue weighted by molar-refractivity contribution is 14.0. The van der Waals surface area contributed by atoms with Crippen LogP contribution in [0.15, 0.2) is 47.7 Å². The van der Waals surface area contributed by atoms with Crippen molar-refractivity contribution in [3.8, 4) is 0 Å². The van der Waals surface area contributed by atoms with E-state index < -0.39 is 0 Å². The molecule has 1 aromatic carbocycles. The lowest BCUT2D eigenvalue weighted by atomic mass is 10.0. The maximum Gasteiger partial charge on any atom is 0.191 e. The number of halogens is 1. The quantitative estimate of drug-likeness (QED) is 0.270. The first-order chi connectivity index (χ1) is 12.1. The van der Waals surface area contributed by atoms with Gasteiger partial charge in [0.1, 0.15) is 0 Å². The maximum atomic E-state index is 4.32. The number of aliphatic imine (C=N–C) groups is 1. The van der Waals surface area contributed by atoms with Gasteiger partial charge in [-0.1, -0.05) is 29.8 Å². The summed E-state index contributed by atoms with van der Waals surface area (Å²) in [5.74, 6) is 0.833. The van der Waals surface area contributed by atoms with Crippen LogP contribution in [-0.2, 0) is 6.54 Å². The van der Waals surface area contributed by atoms with E-state index in [1.807, 2.05) is 16.9 Å². The van der Waals surface area contributed by atoms with Crippen molar-refractivity contribution in [3.05, 3.63) is 53.9 Å². The van der Waals surface area contributed by atoms with Crippen molar-refractivity contribution in [1.29, 1.82) is 0 Å². The predicted octanol–water partition coefficient (Wildman–Crippen LogP) is 2.67. The second-order valence-corrected chi connectivity index (χ2v) is 6.39. The molecule has 1 unspecified atom stereocenters. The van der Waals surface area contributed by atoms with Gasteiger partial charge in [0.15, 0.2) is 5.96 Å². The van der Waals surface area contributed by atoms with E-state index in [2.05, 4.69) is 70.9 Å². The van der Waals surface area contributed by atoms with Crippen LogP contribution in [0.5, 0.6) is 0 Å². The Morgan fingerprint density at radius 1 is 1.23 bits per heavy atom. The van der Waals surface area contributed by atoms with Crippen molar-refractivity contribution in [2.75, 3.05) is 34.2 Å². The second kappa shape index (κ2) is 11.9. The van der Waals surface area contributed by atoms with Crippen LogP contribution >= 0.6 is 24.0 Å². The average Bonchev–Trinajstić information content (AvgIpc) is 3.11. The largest absolute Gasteiger partial charge is 0.356 e. The molecule has 0 aliphatic heterocycles. The minimum absolute atomic E-state index is 0. The highest BCUT2D eigenvalue weighted by atomic mass is 127. The zero-order chi connectivity index (χ0) is 18.1. The average molecular weight is 470 g/mol. The van der Waals surface area contributed by atoms with E-state index in [0.717, 1.165) is 32.0 Å². The van der Waals surface area contributed by atoms with Gasteiger partial charge >= 0.3 is 0 Å². The number of aryl methyl sites for hydroxylation is 2. The Hall–Kier alpha value is -1.61. The molecule has 1 aromatic heterocycles. The van der Waals surface area contributed by atoms with Gasteiger partial charge in [0.2, 0.25) is 0 Å². The van der Waals surface area contributed by atoms with Crippen LogP contribution in [0, 0.1) is 6.92 Å². The molecule has 144 valence electrons. The molecule has 0 saturated heterocycles. The normalized spacial score (nSPS) is 12.6. The van der Waals surface area contributed by atoms with Gasteiger partial charge in [0.05, 0.1) is 6.04 Å². The first kappa shape index (κ1) is 22.4. The zero-order valence-corrected chi connectivity index (χ0v) is 18.5. The van der Waals surface area contributed by atoms with E-state index in [0.29, 0.717) is 6.04 Å². The molecule has 0 bridgehead atoms. The number of hydrogen-bond acceptors (Lipinski definition) is 3. The van der Waals surface area contributed by atoms with Gasteiger partial charge in [-0.15, -0.1) is 24.0 Å². The number of aromatic nitrogens is 2. The fraction of sp³-hybridized carbons (Fsp3) is 0.474. The summed E-state index contributed by atoms with van der Waals surface area (Å²) in [6, 6.07) is 11.0. The second-order valence-electron chi connectivity index (χ2n) is 6.39. The smallest absolute Gasteiger partial charge is 0.191 e. The van der Waals surface area contributed by atoms with Gasteiger partial charge in [-0.05, 0) is 39.1 Å². The standard InChI is InChI=1S/C19H30N6.HI/c1-16-7-9-17(10-8-16)18(24(3)4)15-22-19(20-2)21-11-5-13-25-14-6-12-23-25;/h6-10,12,14,18H,5,11,13,15H2,1-4H3,(H2,20,21,22);1H. The Balaban J connectivity index is 0.00000338. The van der Waals surface area contributed by atoms with Crippen molar-refractivity contribution >= 4 is 29.9 Å². The van der Waals surface area contributed by atoms with Gasteiger partial charge in [-0.25, -0.2) is 0 Å². The van der Waals surface area contributed by atoms with Gasteiger partial charge in [0, 0.05) is 39.1 Å². The fourth-order valence-electron chi connectivity index (χ4n) is 2.68. The molecule has 0 spiro atoms. The van der Waals surface area contributed by atoms with Crippen LogP contribution in [-0.4, -0.2) is 54.9 Å². The van der Waals surface area contributed by atoms with Crippen LogP contribution in [0.1, 0.15) is 23.6 Å². The summed E-state index contributed by atoms with van der Waals surface area (Å²) in [6.07, 6.45) is 4.79. The topological polar surface area (TPSA) is 57.5 Å². The van der Waals surface area contributed by atoms with E-state index in [9.17, 15) is 0 Å². The SMILES string of the molecule is CN=C(NCCCn1cccn1)NCC(c1ccc(C)cc1)N(C)C.I. The molecule has 2 rings (SSSR count). The summed E-state index contributed by atoms with van der Waals surface area (Å²) in [5.41, 5.74) is 2.58. The molecule has 0 saturated carbocycles. The molecule has 6 nitrogen and oxygen atoms in total. The number of nitrogens with zero attached hydrogens (tertiary/aromatic N) is 4. The maximum absolute atomic E-state index is 4.32. The van der Waals surface area contributed by atoms with Crippen molar-refractivity contribution in [2.45, 2.75) is 25.9 Å². The third kappa shape index (κ3) is 7.33. The minimum Gasteiger partial charge on any atom is -0.356 e. The van der Waals surface area contributed by atoms with Crippen LogP contribution in [0.4, 0.5) is 0 Å². The Bertz CT molecular complexity index is 637. The molecule has 0 aliphatic rings. The Kier molecular flexibility index (Phi) is 10.3. The molecule has 0 radical (unpaired) electrons. The summed E-state index contributed by atoms with van der Waals surface area (Å²) in [6.45, 7) is 4.67. The summed E-state index contributed by atoms with van der Waals surface area (Å²) < 4.78 is 1.94. The van der Waals surface area contributed by atoms with Crippen LogP contribution in [0.2, 0.25) is 0 Å². The third-order valence-corrected chi connectivity index (χ3v) is 4.19. The Labute approximate surface area is 174 Å². The van der Waals surface area contributed by atoms with Crippen molar-refractivity contribution < 1.29 is 0 Å². The molecule has 1 heterocycles. The zero-order valence-electron chi connectivity index (χ0n) is 16.1. The molecule has 2 aromatic rings. The highest BCUT2D eigenvalue weighted by Crippen LogP contribution is 2.17. The van der Waals surface area contributed by atoms with Gasteiger partial charge in [-0.2, -0.15) is 5.10 Å². The summed E-state index contributed by atoms with van der Waals surface area (Å²) >= 11 is 0. The first-order valence-electron chi connectivity index (χ1n) is 8.75. The number of hydrogen-bond donors (Lipinski definition) is 2. The van der Waals surface area contributed by atoms with E-state index in [4.69, 9.17) is 0 Å². The number of rotatable bonds is 8. The third-order valence-electron chi connectivity index (χ3n) is 4.19. The van der Waals surface area contributed by atoms with Gasteiger partial charge in [-0.3, -0.25) is 9.67 Å². The number of likely N-dealkylation sites (N-methyl/N-ethyl adjacent to an activating group) is 1. The van der Waals surface area contributed by atoms with Crippen molar-refractivity contribution in [1.82, 2.24) is 25.3 Å². The van der Waals surface area contributed by atoms with Crippen LogP contribution in [0.3, 0.4) is 0 Å². The number of benzene rings is 1. The molecule has 26 heavy (non-hydrogen) atoms. The monoisotopic (exact) mass is 470 g/mol. The lowest BCUT2D eigenvalue weighted by molar-refractivity contribution is 0.298. The summed E-state index contributed by atoms with van der Waals surface area (Å²) in [7, 11) is 6.01. The highest BCUT2D eigenvalue weighted by Gasteiger charge is 2.14. The van der Waals surface area contributed by atoms with E-state index in [1.165, 1.54) is 11.1 Å². The van der Waals surface area contributed by atoms with E-state index in [-0.39, 0.29) is 24.0 Å². The molecule has 7 heteroatoms. The predicted molar refractivity (Wildman–Crippen MR) is 119 cm³/mol.